The molecule has 1 unspecified atom stereocenters. The van der Waals surface area contributed by atoms with Crippen LogP contribution in [0.2, 0.25) is 0 Å². The summed E-state index contributed by atoms with van der Waals surface area (Å²) < 4.78 is 0. The summed E-state index contributed by atoms with van der Waals surface area (Å²) in [5.74, 6) is 0. The third-order valence-corrected chi connectivity index (χ3v) is 2.47. The Labute approximate surface area is 70.0 Å². The lowest BCUT2D eigenvalue weighted by molar-refractivity contribution is 0.161. The molecule has 1 fully saturated rings. The molecule has 0 saturated carbocycles. The molecule has 1 aliphatic heterocycles. The van der Waals surface area contributed by atoms with Crippen LogP contribution in [0.4, 0.5) is 0 Å². The van der Waals surface area contributed by atoms with Gasteiger partial charge in [-0.2, -0.15) is 0 Å². The maximum Gasteiger partial charge on any atom is 0.0280 e. The fourth-order valence-corrected chi connectivity index (χ4v) is 2.00. The van der Waals surface area contributed by atoms with Crippen molar-refractivity contribution in [3.8, 4) is 0 Å². The molecule has 0 aliphatic carbocycles. The van der Waals surface area contributed by atoms with Gasteiger partial charge in [0.05, 0.1) is 0 Å². The molecule has 66 valence electrons. The Hall–Kier alpha value is -0.0800. The standard InChI is InChI=1S/C9H20N2/c1-4-5-9(2)8-11(3)7-6-10-9/h10H,4-8H2,1-3H3. The van der Waals surface area contributed by atoms with Gasteiger partial charge in [-0.25, -0.2) is 0 Å². The fourth-order valence-electron chi connectivity index (χ4n) is 2.00. The van der Waals surface area contributed by atoms with Gasteiger partial charge in [-0.05, 0) is 20.4 Å². The Morgan fingerprint density at radius 2 is 2.27 bits per heavy atom. The molecule has 0 aromatic rings. The zero-order chi connectivity index (χ0) is 8.32. The van der Waals surface area contributed by atoms with Gasteiger partial charge in [-0.1, -0.05) is 13.3 Å². The third-order valence-electron chi connectivity index (χ3n) is 2.47. The monoisotopic (exact) mass is 156 g/mol. The first-order valence-electron chi connectivity index (χ1n) is 4.60. The van der Waals surface area contributed by atoms with Crippen molar-refractivity contribution < 1.29 is 0 Å². The lowest BCUT2D eigenvalue weighted by atomic mass is 9.94. The molecule has 11 heavy (non-hydrogen) atoms. The van der Waals surface area contributed by atoms with Crippen LogP contribution in [0.15, 0.2) is 0 Å². The summed E-state index contributed by atoms with van der Waals surface area (Å²) in [6.07, 6.45) is 2.56. The van der Waals surface area contributed by atoms with Crippen molar-refractivity contribution in [2.24, 2.45) is 0 Å². The quantitative estimate of drug-likeness (QED) is 0.643. The van der Waals surface area contributed by atoms with Crippen molar-refractivity contribution in [1.82, 2.24) is 10.2 Å². The normalized spacial score (nSPS) is 34.1. The second kappa shape index (κ2) is 3.55. The molecule has 1 saturated heterocycles. The van der Waals surface area contributed by atoms with E-state index in [1.807, 2.05) is 0 Å². The largest absolute Gasteiger partial charge is 0.309 e. The molecule has 0 spiro atoms. The molecule has 0 amide bonds. The minimum absolute atomic E-state index is 0.377. The van der Waals surface area contributed by atoms with Crippen molar-refractivity contribution in [2.75, 3.05) is 26.7 Å². The van der Waals surface area contributed by atoms with E-state index in [0.29, 0.717) is 5.54 Å². The lowest BCUT2D eigenvalue weighted by Crippen LogP contribution is -2.57. The Kier molecular flexibility index (Phi) is 2.90. The summed E-state index contributed by atoms with van der Waals surface area (Å²) in [6, 6.07) is 0. The van der Waals surface area contributed by atoms with Gasteiger partial charge in [0, 0.05) is 25.2 Å². The van der Waals surface area contributed by atoms with Gasteiger partial charge in [0.25, 0.3) is 0 Å². The van der Waals surface area contributed by atoms with E-state index < -0.39 is 0 Å². The molecular formula is C9H20N2. The predicted octanol–water partition coefficient (Wildman–Crippen LogP) is 1.08. The van der Waals surface area contributed by atoms with Crippen LogP contribution in [0.3, 0.4) is 0 Å². The number of hydrogen-bond donors (Lipinski definition) is 1. The van der Waals surface area contributed by atoms with E-state index in [9.17, 15) is 0 Å². The summed E-state index contributed by atoms with van der Waals surface area (Å²) in [4.78, 5) is 2.41. The average molecular weight is 156 g/mol. The van der Waals surface area contributed by atoms with Gasteiger partial charge in [-0.15, -0.1) is 0 Å². The Morgan fingerprint density at radius 3 is 2.82 bits per heavy atom. The van der Waals surface area contributed by atoms with Crippen molar-refractivity contribution in [1.29, 1.82) is 0 Å². The maximum atomic E-state index is 3.59. The molecule has 0 aromatic carbocycles. The summed E-state index contributed by atoms with van der Waals surface area (Å²) in [5.41, 5.74) is 0.377. The number of likely N-dealkylation sites (N-methyl/N-ethyl adjacent to an activating group) is 1. The third kappa shape index (κ3) is 2.46. The van der Waals surface area contributed by atoms with Crippen molar-refractivity contribution >= 4 is 0 Å². The summed E-state index contributed by atoms with van der Waals surface area (Å²) in [5, 5.41) is 3.59. The fraction of sp³-hybridized carbons (Fsp3) is 1.00. The highest BCUT2D eigenvalue weighted by Crippen LogP contribution is 2.15. The van der Waals surface area contributed by atoms with Crippen molar-refractivity contribution in [3.05, 3.63) is 0 Å². The van der Waals surface area contributed by atoms with E-state index in [0.717, 1.165) is 6.54 Å². The van der Waals surface area contributed by atoms with Crippen LogP contribution in [-0.4, -0.2) is 37.1 Å². The summed E-state index contributed by atoms with van der Waals surface area (Å²) in [6.45, 7) is 8.11. The Balaban J connectivity index is 2.41. The van der Waals surface area contributed by atoms with Crippen LogP contribution < -0.4 is 5.32 Å². The molecule has 0 aromatic heterocycles. The van der Waals surface area contributed by atoms with Gasteiger partial charge >= 0.3 is 0 Å². The first-order chi connectivity index (χ1) is 5.16. The highest BCUT2D eigenvalue weighted by molar-refractivity contribution is 4.89. The van der Waals surface area contributed by atoms with E-state index in [2.05, 4.69) is 31.1 Å². The molecular weight excluding hydrogens is 136 g/mol. The van der Waals surface area contributed by atoms with Crippen LogP contribution in [0.25, 0.3) is 0 Å². The molecule has 1 heterocycles. The van der Waals surface area contributed by atoms with E-state index in [1.165, 1.54) is 25.9 Å². The highest BCUT2D eigenvalue weighted by Gasteiger charge is 2.27. The molecule has 0 radical (unpaired) electrons. The van der Waals surface area contributed by atoms with Crippen LogP contribution in [0.5, 0.6) is 0 Å². The van der Waals surface area contributed by atoms with Crippen molar-refractivity contribution in [2.45, 2.75) is 32.2 Å². The zero-order valence-corrected chi connectivity index (χ0v) is 7.98. The molecule has 1 rings (SSSR count). The summed E-state index contributed by atoms with van der Waals surface area (Å²) >= 11 is 0. The van der Waals surface area contributed by atoms with Gasteiger partial charge in [0.2, 0.25) is 0 Å². The van der Waals surface area contributed by atoms with Crippen molar-refractivity contribution in [3.63, 3.8) is 0 Å². The average Bonchev–Trinajstić information content (AvgIpc) is 1.86. The topological polar surface area (TPSA) is 15.3 Å². The number of nitrogens with zero attached hydrogens (tertiary/aromatic N) is 1. The number of rotatable bonds is 2. The first-order valence-corrected chi connectivity index (χ1v) is 4.60. The number of hydrogen-bond acceptors (Lipinski definition) is 2. The van der Waals surface area contributed by atoms with Crippen LogP contribution >= 0.6 is 0 Å². The van der Waals surface area contributed by atoms with E-state index in [1.54, 1.807) is 0 Å². The number of nitrogens with one attached hydrogen (secondary N) is 1. The Bertz CT molecular complexity index is 121. The molecule has 2 heteroatoms. The first kappa shape index (κ1) is 9.01. The second-order valence-electron chi connectivity index (χ2n) is 3.98. The molecule has 1 atom stereocenters. The van der Waals surface area contributed by atoms with Crippen LogP contribution in [0.1, 0.15) is 26.7 Å². The predicted molar refractivity (Wildman–Crippen MR) is 48.8 cm³/mol. The minimum atomic E-state index is 0.377. The van der Waals surface area contributed by atoms with Crippen LogP contribution in [-0.2, 0) is 0 Å². The SMILES string of the molecule is CCCC1(C)CN(C)CCN1. The van der Waals surface area contributed by atoms with E-state index in [-0.39, 0.29) is 0 Å². The zero-order valence-electron chi connectivity index (χ0n) is 7.98. The number of piperazine rings is 1. The van der Waals surface area contributed by atoms with Crippen LogP contribution in [0, 0.1) is 0 Å². The second-order valence-corrected chi connectivity index (χ2v) is 3.98. The van der Waals surface area contributed by atoms with Gasteiger partial charge < -0.3 is 10.2 Å². The van der Waals surface area contributed by atoms with Gasteiger partial charge in [0.1, 0.15) is 0 Å². The highest BCUT2D eigenvalue weighted by atomic mass is 15.2. The Morgan fingerprint density at radius 1 is 1.55 bits per heavy atom. The van der Waals surface area contributed by atoms with Gasteiger partial charge in [0.15, 0.2) is 0 Å². The molecule has 1 aliphatic rings. The smallest absolute Gasteiger partial charge is 0.0280 e. The minimum Gasteiger partial charge on any atom is -0.309 e. The molecule has 0 bridgehead atoms. The molecule has 2 nitrogen and oxygen atoms in total. The summed E-state index contributed by atoms with van der Waals surface area (Å²) in [7, 11) is 2.20. The maximum absolute atomic E-state index is 3.59. The van der Waals surface area contributed by atoms with E-state index >= 15 is 0 Å². The van der Waals surface area contributed by atoms with E-state index in [4.69, 9.17) is 0 Å². The van der Waals surface area contributed by atoms with Gasteiger partial charge in [-0.3, -0.25) is 0 Å². The molecule has 1 N–H and O–H groups in total. The lowest BCUT2D eigenvalue weighted by Gasteiger charge is -2.39.